The molecule has 23 heavy (non-hydrogen) atoms. The van der Waals surface area contributed by atoms with Gasteiger partial charge in [-0.1, -0.05) is 15.9 Å². The number of morpholine rings is 1. The minimum absolute atomic E-state index is 0.0279. The van der Waals surface area contributed by atoms with E-state index in [1.807, 2.05) is 11.0 Å². The molecule has 1 fully saturated rings. The summed E-state index contributed by atoms with van der Waals surface area (Å²) >= 11 is 3.38. The van der Waals surface area contributed by atoms with Crippen LogP contribution in [0.25, 0.3) is 10.9 Å². The lowest BCUT2D eigenvalue weighted by atomic mass is 10.1. The number of nitrogens with one attached hydrogen (secondary N) is 2. The average molecular weight is 381 g/mol. The number of rotatable bonds is 5. The van der Waals surface area contributed by atoms with Crippen LogP contribution in [0.2, 0.25) is 0 Å². The number of halogens is 1. The third-order valence-electron chi connectivity index (χ3n) is 3.74. The number of H-pyrrole nitrogens is 1. The van der Waals surface area contributed by atoms with Gasteiger partial charge in [-0.2, -0.15) is 5.10 Å². The Hall–Kier alpha value is -1.77. The third-order valence-corrected chi connectivity index (χ3v) is 4.20. The molecule has 1 aromatic heterocycles. The molecule has 2 N–H and O–H groups in total. The van der Waals surface area contributed by atoms with Crippen molar-refractivity contribution in [3.05, 3.63) is 28.4 Å². The zero-order valence-electron chi connectivity index (χ0n) is 12.5. The smallest absolute Gasteiger partial charge is 0.234 e. The van der Waals surface area contributed by atoms with E-state index in [0.717, 1.165) is 28.5 Å². The second-order valence-corrected chi connectivity index (χ2v) is 6.29. The first kappa shape index (κ1) is 16.1. The predicted molar refractivity (Wildman–Crippen MR) is 88.4 cm³/mol. The number of carbonyl (C=O) groups is 2. The second kappa shape index (κ2) is 7.20. The Bertz CT molecular complexity index is 725. The van der Waals surface area contributed by atoms with Gasteiger partial charge in [-0.3, -0.25) is 19.6 Å². The summed E-state index contributed by atoms with van der Waals surface area (Å²) in [4.78, 5) is 26.4. The van der Waals surface area contributed by atoms with E-state index >= 15 is 0 Å². The summed E-state index contributed by atoms with van der Waals surface area (Å²) < 4.78 is 6.03. The van der Waals surface area contributed by atoms with Gasteiger partial charge in [0.05, 0.1) is 38.0 Å². The molecule has 1 amide bonds. The molecule has 0 atom stereocenters. The molecule has 1 aliphatic heterocycles. The Morgan fingerprint density at radius 1 is 1.35 bits per heavy atom. The SMILES string of the molecule is O=C(CN1CCOCC1)NCC(=O)c1cc(Br)cc2[nH]ncc12. The molecule has 0 spiro atoms. The first-order valence-electron chi connectivity index (χ1n) is 7.36. The van der Waals surface area contributed by atoms with Gasteiger partial charge in [0.1, 0.15) is 0 Å². The summed E-state index contributed by atoms with van der Waals surface area (Å²) in [6.45, 7) is 3.02. The lowest BCUT2D eigenvalue weighted by Crippen LogP contribution is -2.44. The van der Waals surface area contributed by atoms with E-state index < -0.39 is 0 Å². The van der Waals surface area contributed by atoms with Crippen LogP contribution in [0.15, 0.2) is 22.8 Å². The van der Waals surface area contributed by atoms with Crippen molar-refractivity contribution in [2.24, 2.45) is 0 Å². The number of benzene rings is 1. The van der Waals surface area contributed by atoms with Crippen LogP contribution in [-0.4, -0.2) is 66.2 Å². The fourth-order valence-electron chi connectivity index (χ4n) is 2.54. The fourth-order valence-corrected chi connectivity index (χ4v) is 3.00. The van der Waals surface area contributed by atoms with Crippen LogP contribution in [0.4, 0.5) is 0 Å². The van der Waals surface area contributed by atoms with Crippen LogP contribution in [0.1, 0.15) is 10.4 Å². The zero-order chi connectivity index (χ0) is 16.2. The molecule has 0 unspecified atom stereocenters. The minimum atomic E-state index is -0.154. The highest BCUT2D eigenvalue weighted by atomic mass is 79.9. The summed E-state index contributed by atoms with van der Waals surface area (Å²) in [6.07, 6.45) is 1.62. The number of fused-ring (bicyclic) bond motifs is 1. The van der Waals surface area contributed by atoms with E-state index in [9.17, 15) is 9.59 Å². The highest BCUT2D eigenvalue weighted by molar-refractivity contribution is 9.10. The number of ether oxygens (including phenoxy) is 1. The highest BCUT2D eigenvalue weighted by Crippen LogP contribution is 2.22. The lowest BCUT2D eigenvalue weighted by Gasteiger charge is -2.25. The molecular weight excluding hydrogens is 364 g/mol. The first-order valence-corrected chi connectivity index (χ1v) is 8.15. The largest absolute Gasteiger partial charge is 0.379 e. The molecule has 2 aromatic rings. The number of ketones is 1. The van der Waals surface area contributed by atoms with Crippen LogP contribution >= 0.6 is 15.9 Å². The van der Waals surface area contributed by atoms with E-state index in [4.69, 9.17) is 4.74 Å². The molecule has 1 aromatic carbocycles. The quantitative estimate of drug-likeness (QED) is 0.754. The Morgan fingerprint density at radius 3 is 2.91 bits per heavy atom. The van der Waals surface area contributed by atoms with Gasteiger partial charge in [0.25, 0.3) is 0 Å². The maximum absolute atomic E-state index is 12.4. The molecule has 1 aliphatic rings. The Kier molecular flexibility index (Phi) is 5.04. The van der Waals surface area contributed by atoms with Gasteiger partial charge in [-0.15, -0.1) is 0 Å². The molecule has 0 saturated carbocycles. The number of hydrogen-bond donors (Lipinski definition) is 2. The summed E-state index contributed by atoms with van der Waals surface area (Å²) in [7, 11) is 0. The Balaban J connectivity index is 1.60. The summed E-state index contributed by atoms with van der Waals surface area (Å²) in [6, 6.07) is 3.60. The van der Waals surface area contributed by atoms with Crippen LogP contribution in [-0.2, 0) is 9.53 Å². The molecule has 122 valence electrons. The highest BCUT2D eigenvalue weighted by Gasteiger charge is 2.16. The van der Waals surface area contributed by atoms with Crippen molar-refractivity contribution < 1.29 is 14.3 Å². The molecule has 3 rings (SSSR count). The van der Waals surface area contributed by atoms with Crippen LogP contribution in [0.3, 0.4) is 0 Å². The minimum Gasteiger partial charge on any atom is -0.379 e. The molecule has 0 aliphatic carbocycles. The number of nitrogens with zero attached hydrogens (tertiary/aromatic N) is 2. The number of Topliss-reactive ketones (excluding diaryl/α,β-unsaturated/α-hetero) is 1. The van der Waals surface area contributed by atoms with Crippen molar-refractivity contribution in [2.45, 2.75) is 0 Å². The number of aromatic amines is 1. The molecule has 1 saturated heterocycles. The van der Waals surface area contributed by atoms with Gasteiger partial charge in [0.15, 0.2) is 5.78 Å². The maximum Gasteiger partial charge on any atom is 0.234 e. The maximum atomic E-state index is 12.4. The summed E-state index contributed by atoms with van der Waals surface area (Å²) in [5.41, 5.74) is 1.32. The van der Waals surface area contributed by atoms with Gasteiger partial charge in [0.2, 0.25) is 5.91 Å². The Labute approximate surface area is 141 Å². The van der Waals surface area contributed by atoms with Gasteiger partial charge >= 0.3 is 0 Å². The van der Waals surface area contributed by atoms with E-state index in [0.29, 0.717) is 18.8 Å². The Morgan fingerprint density at radius 2 is 2.13 bits per heavy atom. The second-order valence-electron chi connectivity index (χ2n) is 5.37. The van der Waals surface area contributed by atoms with Gasteiger partial charge < -0.3 is 10.1 Å². The zero-order valence-corrected chi connectivity index (χ0v) is 14.1. The van der Waals surface area contributed by atoms with Crippen molar-refractivity contribution in [1.82, 2.24) is 20.4 Å². The number of hydrogen-bond acceptors (Lipinski definition) is 5. The van der Waals surface area contributed by atoms with Gasteiger partial charge in [-0.05, 0) is 12.1 Å². The molecule has 0 bridgehead atoms. The summed E-state index contributed by atoms with van der Waals surface area (Å²) in [5, 5.41) is 10.2. The number of amides is 1. The summed E-state index contributed by atoms with van der Waals surface area (Å²) in [5.74, 6) is -0.299. The molecule has 7 nitrogen and oxygen atoms in total. The molecular formula is C15H17BrN4O3. The van der Waals surface area contributed by atoms with Crippen molar-refractivity contribution in [2.75, 3.05) is 39.4 Å². The van der Waals surface area contributed by atoms with Crippen molar-refractivity contribution in [3.63, 3.8) is 0 Å². The normalized spacial score (nSPS) is 15.7. The van der Waals surface area contributed by atoms with Crippen LogP contribution in [0.5, 0.6) is 0 Å². The van der Waals surface area contributed by atoms with Crippen LogP contribution in [0, 0.1) is 0 Å². The number of carbonyl (C=O) groups excluding carboxylic acids is 2. The first-order chi connectivity index (χ1) is 11.1. The standard InChI is InChI=1S/C15H17BrN4O3/c16-10-5-11(12-7-18-19-13(12)6-10)14(21)8-17-15(22)9-20-1-3-23-4-2-20/h5-7H,1-4,8-9H2,(H,17,22)(H,18,19). The fraction of sp³-hybridized carbons (Fsp3) is 0.400. The van der Waals surface area contributed by atoms with Crippen molar-refractivity contribution in [3.8, 4) is 0 Å². The van der Waals surface area contributed by atoms with E-state index in [-0.39, 0.29) is 24.8 Å². The van der Waals surface area contributed by atoms with Crippen LogP contribution < -0.4 is 5.32 Å². The molecule has 8 heteroatoms. The van der Waals surface area contributed by atoms with Gasteiger partial charge in [-0.25, -0.2) is 0 Å². The van der Waals surface area contributed by atoms with Gasteiger partial charge in [0, 0.05) is 28.5 Å². The lowest BCUT2D eigenvalue weighted by molar-refractivity contribution is -0.123. The third kappa shape index (κ3) is 3.95. The average Bonchev–Trinajstić information content (AvgIpc) is 3.01. The number of aromatic nitrogens is 2. The topological polar surface area (TPSA) is 87.3 Å². The molecule has 2 heterocycles. The van der Waals surface area contributed by atoms with Crippen molar-refractivity contribution >= 4 is 38.5 Å². The van der Waals surface area contributed by atoms with Crippen molar-refractivity contribution in [1.29, 1.82) is 0 Å². The molecule has 0 radical (unpaired) electrons. The van der Waals surface area contributed by atoms with E-state index in [1.165, 1.54) is 0 Å². The van der Waals surface area contributed by atoms with E-state index in [1.54, 1.807) is 12.3 Å². The monoisotopic (exact) mass is 380 g/mol. The van der Waals surface area contributed by atoms with E-state index in [2.05, 4.69) is 31.4 Å². The predicted octanol–water partition coefficient (Wildman–Crippen LogP) is 0.956.